The van der Waals surface area contributed by atoms with E-state index in [4.69, 9.17) is 18.9 Å². The van der Waals surface area contributed by atoms with E-state index >= 15 is 0 Å². The van der Waals surface area contributed by atoms with E-state index in [-0.39, 0.29) is 17.9 Å². The van der Waals surface area contributed by atoms with Gasteiger partial charge in [0.15, 0.2) is 6.10 Å². The minimum Gasteiger partial charge on any atom is -0.479 e. The number of esters is 1. The minimum absolute atomic E-state index is 0.233. The van der Waals surface area contributed by atoms with Crippen LogP contribution >= 0.6 is 11.8 Å². The van der Waals surface area contributed by atoms with Crippen molar-refractivity contribution in [2.24, 2.45) is 5.92 Å². The summed E-state index contributed by atoms with van der Waals surface area (Å²) < 4.78 is 21.8. The summed E-state index contributed by atoms with van der Waals surface area (Å²) in [7, 11) is 0. The van der Waals surface area contributed by atoms with Crippen molar-refractivity contribution in [3.05, 3.63) is 48.0 Å². The molecule has 8 atom stereocenters. The number of aliphatic hydroxyl groups is 2. The highest BCUT2D eigenvalue weighted by Gasteiger charge is 2.85. The van der Waals surface area contributed by atoms with Gasteiger partial charge in [-0.3, -0.25) is 4.79 Å². The topological polar surface area (TPSA) is 223 Å². The molecule has 2 bridgehead atoms. The molecule has 0 saturated carbocycles. The number of rotatable bonds is 13. The van der Waals surface area contributed by atoms with Crippen LogP contribution in [0.25, 0.3) is 0 Å². The van der Waals surface area contributed by atoms with Crippen LogP contribution in [0, 0.1) is 5.92 Å². The Balaban J connectivity index is 2.03. The van der Waals surface area contributed by atoms with Crippen LogP contribution in [0.1, 0.15) is 46.1 Å². The Bertz CT molecular complexity index is 1300. The van der Waals surface area contributed by atoms with E-state index in [1.54, 1.807) is 20.8 Å². The number of hydrogen-bond donors (Lipinski definition) is 5. The summed E-state index contributed by atoms with van der Waals surface area (Å²) >= 11 is 0.565. The first-order valence-corrected chi connectivity index (χ1v) is 14.5. The molecular formula is C29H36O14S. The molecule has 15 heteroatoms. The van der Waals surface area contributed by atoms with Crippen LogP contribution in [-0.4, -0.2) is 101 Å². The molecule has 2 aliphatic heterocycles. The Morgan fingerprint density at radius 1 is 1.05 bits per heavy atom. The zero-order chi connectivity index (χ0) is 33.2. The minimum atomic E-state index is -3.87. The van der Waals surface area contributed by atoms with Crippen molar-refractivity contribution in [3.8, 4) is 0 Å². The molecule has 3 rings (SSSR count). The van der Waals surface area contributed by atoms with Gasteiger partial charge in [-0.25, -0.2) is 19.2 Å². The van der Waals surface area contributed by atoms with Crippen LogP contribution in [0.4, 0.5) is 4.79 Å². The summed E-state index contributed by atoms with van der Waals surface area (Å²) in [5, 5.41) is 51.3. The lowest BCUT2D eigenvalue weighted by Crippen LogP contribution is -2.78. The number of ether oxygens (including phenoxy) is 4. The maximum absolute atomic E-state index is 12.8. The van der Waals surface area contributed by atoms with Crippen LogP contribution in [0.15, 0.2) is 42.5 Å². The molecule has 0 spiro atoms. The Morgan fingerprint density at radius 2 is 1.66 bits per heavy atom. The summed E-state index contributed by atoms with van der Waals surface area (Å²) in [6, 6.07) is 9.27. The maximum atomic E-state index is 12.8. The highest BCUT2D eigenvalue weighted by molar-refractivity contribution is 8.13. The van der Waals surface area contributed by atoms with Gasteiger partial charge < -0.3 is 44.5 Å². The second kappa shape index (κ2) is 13.2. The van der Waals surface area contributed by atoms with Crippen LogP contribution < -0.4 is 0 Å². The highest BCUT2D eigenvalue weighted by Crippen LogP contribution is 2.56. The smallest absolute Gasteiger partial charge is 0.368 e. The summed E-state index contributed by atoms with van der Waals surface area (Å²) in [6.07, 6.45) is -8.77. The molecule has 2 aliphatic rings. The van der Waals surface area contributed by atoms with Crippen molar-refractivity contribution in [2.75, 3.05) is 0 Å². The van der Waals surface area contributed by atoms with E-state index in [0.717, 1.165) is 5.56 Å². The number of thioether (sulfide) groups is 1. The maximum Gasteiger partial charge on any atom is 0.368 e. The molecule has 5 N–H and O–H groups in total. The number of fused-ring (bicyclic) bond motifs is 2. The Hall–Kier alpha value is -3.50. The third-order valence-electron chi connectivity index (χ3n) is 7.57. The molecule has 0 amide bonds. The van der Waals surface area contributed by atoms with Gasteiger partial charge in [-0.05, 0) is 35.7 Å². The van der Waals surface area contributed by atoms with Gasteiger partial charge in [0, 0.05) is 24.5 Å². The van der Waals surface area contributed by atoms with E-state index in [9.17, 15) is 49.5 Å². The fraction of sp³-hybridized carbons (Fsp3) is 0.552. The van der Waals surface area contributed by atoms with Crippen molar-refractivity contribution in [1.29, 1.82) is 0 Å². The Morgan fingerprint density at radius 3 is 2.16 bits per heavy atom. The van der Waals surface area contributed by atoms with Gasteiger partial charge in [-0.15, -0.1) is 0 Å². The SMILES string of the molecule is C=C(CCC12OC(C(=O)O)C(O)(C(=O)O)C(C(=O)O)(O1)[C@H](OC(=O)SC(C)C)[C@H]2O)[C@@H](OC(C)=O)[C@H](C)Cc1ccccc1. The largest absolute Gasteiger partial charge is 0.479 e. The zero-order valence-electron chi connectivity index (χ0n) is 24.5. The number of carboxylic acids is 3. The van der Waals surface area contributed by atoms with E-state index in [2.05, 4.69) is 6.58 Å². The average Bonchev–Trinajstić information content (AvgIpc) is 3.14. The first kappa shape index (κ1) is 35.0. The molecule has 1 aromatic rings. The lowest BCUT2D eigenvalue weighted by atomic mass is 9.74. The van der Waals surface area contributed by atoms with Crippen LogP contribution in [0.3, 0.4) is 0 Å². The molecule has 242 valence electrons. The molecule has 2 saturated heterocycles. The number of aliphatic carboxylic acids is 3. The molecule has 44 heavy (non-hydrogen) atoms. The number of hydrogen-bond acceptors (Lipinski definition) is 12. The fourth-order valence-electron chi connectivity index (χ4n) is 5.62. The van der Waals surface area contributed by atoms with E-state index in [1.807, 2.05) is 30.3 Å². The lowest BCUT2D eigenvalue weighted by molar-refractivity contribution is -0.373. The van der Waals surface area contributed by atoms with Gasteiger partial charge in [0.05, 0.1) is 0 Å². The zero-order valence-corrected chi connectivity index (χ0v) is 25.3. The predicted octanol–water partition coefficient (Wildman–Crippen LogP) is 1.99. The number of carbonyl (C=O) groups excluding carboxylic acids is 2. The van der Waals surface area contributed by atoms with Gasteiger partial charge in [0.25, 0.3) is 5.60 Å². The predicted molar refractivity (Wildman–Crippen MR) is 152 cm³/mol. The molecule has 1 aromatic carbocycles. The van der Waals surface area contributed by atoms with Crippen molar-refractivity contribution >= 4 is 40.9 Å². The van der Waals surface area contributed by atoms with Gasteiger partial charge in [-0.1, -0.05) is 57.7 Å². The molecule has 0 radical (unpaired) electrons. The second-order valence-corrected chi connectivity index (χ2v) is 12.6. The summed E-state index contributed by atoms with van der Waals surface area (Å²) in [6.45, 7) is 10.2. The summed E-state index contributed by atoms with van der Waals surface area (Å²) in [5.41, 5.74) is -6.22. The van der Waals surface area contributed by atoms with Crippen molar-refractivity contribution in [1.82, 2.24) is 0 Å². The third kappa shape index (κ3) is 6.33. The average molecular weight is 641 g/mol. The van der Waals surface area contributed by atoms with Gasteiger partial charge in [-0.2, -0.15) is 0 Å². The standard InChI is InChI=1S/C29H36O14S/c1-14(2)44-26(38)41-21-20(31)27(42-22(23(32)33)28(39,24(34)35)29(21,43-27)25(36)37)12-11-15(3)19(40-17(5)30)16(4)13-18-9-7-6-8-10-18/h6-10,14,16,19-22,31,39H,3,11-13H2,1-2,4-5H3,(H,32,33)(H,34,35)(H,36,37)/t16-,19-,20-,21-,22?,27?,28?,29?/m1/s1. The second-order valence-electron chi connectivity index (χ2n) is 11.1. The Kier molecular flexibility index (Phi) is 10.5. The van der Waals surface area contributed by atoms with Crippen LogP contribution in [-0.2, 0) is 44.5 Å². The molecular weight excluding hydrogens is 604 g/mol. The molecule has 2 heterocycles. The van der Waals surface area contributed by atoms with Crippen molar-refractivity contribution < 1.29 is 68.5 Å². The molecule has 14 nitrogen and oxygen atoms in total. The third-order valence-corrected chi connectivity index (χ3v) is 8.33. The highest BCUT2D eigenvalue weighted by atomic mass is 32.2. The number of benzene rings is 1. The molecule has 4 unspecified atom stereocenters. The van der Waals surface area contributed by atoms with E-state index in [1.165, 1.54) is 6.92 Å². The van der Waals surface area contributed by atoms with Crippen molar-refractivity contribution in [2.45, 2.75) is 93.6 Å². The first-order chi connectivity index (χ1) is 20.4. The monoisotopic (exact) mass is 640 g/mol. The van der Waals surface area contributed by atoms with Gasteiger partial charge in [0.1, 0.15) is 12.2 Å². The Labute approximate surface area is 256 Å². The van der Waals surface area contributed by atoms with Crippen LogP contribution in [0.5, 0.6) is 0 Å². The number of aliphatic hydroxyl groups excluding tert-OH is 1. The molecule has 2 fully saturated rings. The van der Waals surface area contributed by atoms with Gasteiger partial charge >= 0.3 is 29.2 Å². The van der Waals surface area contributed by atoms with E-state index in [0.29, 0.717) is 18.2 Å². The fourth-order valence-corrected chi connectivity index (χ4v) is 6.16. The summed E-state index contributed by atoms with van der Waals surface area (Å²) in [5.74, 6) is -10.3. The molecule has 0 aliphatic carbocycles. The first-order valence-electron chi connectivity index (χ1n) is 13.7. The normalized spacial score (nSPS) is 30.7. The quantitative estimate of drug-likeness (QED) is 0.154. The van der Waals surface area contributed by atoms with Crippen molar-refractivity contribution in [3.63, 3.8) is 0 Å². The number of carbonyl (C=O) groups is 5. The number of carboxylic acid groups (broad SMARTS) is 3. The summed E-state index contributed by atoms with van der Waals surface area (Å²) in [4.78, 5) is 62.0. The molecule has 0 aromatic heterocycles. The van der Waals surface area contributed by atoms with Gasteiger partial charge in [0.2, 0.25) is 17.5 Å². The lowest BCUT2D eigenvalue weighted by Gasteiger charge is -2.48. The van der Waals surface area contributed by atoms with Crippen LogP contribution in [0.2, 0.25) is 0 Å². The van der Waals surface area contributed by atoms with E-state index < -0.39 is 82.3 Å².